The van der Waals surface area contributed by atoms with Gasteiger partial charge in [0.2, 0.25) is 10.0 Å². The van der Waals surface area contributed by atoms with Crippen molar-refractivity contribution in [2.75, 3.05) is 32.7 Å². The molecule has 1 fully saturated rings. The number of piperazine rings is 1. The van der Waals surface area contributed by atoms with E-state index >= 15 is 0 Å². The molecule has 0 amide bonds. The Balaban J connectivity index is 1.44. The topological polar surface area (TPSA) is 97.8 Å². The molecule has 0 unspecified atom stereocenters. The monoisotopic (exact) mass is 474 g/mol. The summed E-state index contributed by atoms with van der Waals surface area (Å²) in [5, 5.41) is 0. The summed E-state index contributed by atoms with van der Waals surface area (Å²) in [6.07, 6.45) is 0. The van der Waals surface area contributed by atoms with Crippen molar-refractivity contribution in [2.45, 2.75) is 38.6 Å². The molecule has 1 aliphatic heterocycles. The Kier molecular flexibility index (Phi) is 6.10. The van der Waals surface area contributed by atoms with E-state index in [1.807, 2.05) is 24.8 Å². The van der Waals surface area contributed by atoms with Gasteiger partial charge in [-0.15, -0.1) is 0 Å². The minimum atomic E-state index is -3.73. The zero-order valence-electron chi connectivity index (χ0n) is 19.7. The first-order chi connectivity index (χ1) is 15.5. The Labute approximate surface area is 193 Å². The number of rotatable bonds is 6. The standard InChI is InChI=1S/C23H30N4O5S/c1-15(2)27-16(3)12-19(17(27)4)21(28)14-25-8-10-26(11-9-25)33(30,31)18-6-7-20-22(13-18)32-23(29)24(20)5/h6-7,12-13,15H,8-11,14H2,1-5H3. The minimum Gasteiger partial charge on any atom is -0.408 e. The number of aromatic nitrogens is 2. The first-order valence-electron chi connectivity index (χ1n) is 11.0. The van der Waals surface area contributed by atoms with Crippen molar-refractivity contribution in [3.63, 3.8) is 0 Å². The summed E-state index contributed by atoms with van der Waals surface area (Å²) < 4.78 is 36.3. The molecular formula is C23H30N4O5S. The molecule has 0 bridgehead atoms. The van der Waals surface area contributed by atoms with Crippen molar-refractivity contribution in [3.8, 4) is 0 Å². The lowest BCUT2D eigenvalue weighted by molar-refractivity contribution is 0.0901. The number of fused-ring (bicyclic) bond motifs is 1. The molecule has 4 rings (SSSR count). The van der Waals surface area contributed by atoms with Crippen LogP contribution in [0.15, 0.2) is 38.4 Å². The number of ketones is 1. The van der Waals surface area contributed by atoms with E-state index in [1.165, 1.54) is 21.0 Å². The predicted molar refractivity (Wildman–Crippen MR) is 125 cm³/mol. The summed E-state index contributed by atoms with van der Waals surface area (Å²) in [7, 11) is -2.16. The normalized spacial score (nSPS) is 16.2. The average molecular weight is 475 g/mol. The van der Waals surface area contributed by atoms with Crippen LogP contribution in [0, 0.1) is 13.8 Å². The van der Waals surface area contributed by atoms with Crippen LogP contribution in [0.2, 0.25) is 0 Å². The first kappa shape index (κ1) is 23.5. The molecule has 1 aromatic carbocycles. The van der Waals surface area contributed by atoms with Gasteiger partial charge in [-0.25, -0.2) is 13.2 Å². The summed E-state index contributed by atoms with van der Waals surface area (Å²) >= 11 is 0. The highest BCUT2D eigenvalue weighted by molar-refractivity contribution is 7.89. The van der Waals surface area contributed by atoms with Crippen LogP contribution in [-0.2, 0) is 17.1 Å². The molecule has 178 valence electrons. The van der Waals surface area contributed by atoms with Gasteiger partial charge < -0.3 is 8.98 Å². The molecule has 3 aromatic rings. The minimum absolute atomic E-state index is 0.0517. The van der Waals surface area contributed by atoms with Crippen molar-refractivity contribution in [2.24, 2.45) is 7.05 Å². The van der Waals surface area contributed by atoms with Crippen LogP contribution >= 0.6 is 0 Å². The van der Waals surface area contributed by atoms with Crippen molar-refractivity contribution < 1.29 is 17.6 Å². The van der Waals surface area contributed by atoms with Crippen molar-refractivity contribution in [1.82, 2.24) is 18.3 Å². The molecule has 1 aliphatic rings. The number of benzene rings is 1. The molecule has 9 nitrogen and oxygen atoms in total. The lowest BCUT2D eigenvalue weighted by Gasteiger charge is -2.33. The van der Waals surface area contributed by atoms with Gasteiger partial charge in [-0.2, -0.15) is 4.31 Å². The van der Waals surface area contributed by atoms with Gasteiger partial charge in [0, 0.05) is 62.3 Å². The second-order valence-corrected chi connectivity index (χ2v) is 10.8. The number of sulfonamides is 1. The zero-order chi connectivity index (χ0) is 24.1. The number of Topliss-reactive ketones (excluding diaryl/α,β-unsaturated/α-hetero) is 1. The van der Waals surface area contributed by atoms with Crippen LogP contribution in [0.25, 0.3) is 11.1 Å². The number of carbonyl (C=O) groups excluding carboxylic acids is 1. The quantitative estimate of drug-likeness (QED) is 0.509. The molecule has 0 spiro atoms. The summed E-state index contributed by atoms with van der Waals surface area (Å²) in [4.78, 5) is 26.7. The van der Waals surface area contributed by atoms with Crippen LogP contribution in [0.1, 0.15) is 41.6 Å². The SMILES string of the molecule is Cc1cc(C(=O)CN2CCN(S(=O)(=O)c3ccc4c(c3)oc(=O)n4C)CC2)c(C)n1C(C)C. The van der Waals surface area contributed by atoms with Gasteiger partial charge in [0.05, 0.1) is 17.0 Å². The van der Waals surface area contributed by atoms with E-state index in [1.54, 1.807) is 13.1 Å². The van der Waals surface area contributed by atoms with Gasteiger partial charge >= 0.3 is 5.76 Å². The maximum atomic E-state index is 13.1. The van der Waals surface area contributed by atoms with E-state index in [9.17, 15) is 18.0 Å². The summed E-state index contributed by atoms with van der Waals surface area (Å²) in [6, 6.07) is 6.69. The molecule has 10 heteroatoms. The highest BCUT2D eigenvalue weighted by Gasteiger charge is 2.30. The number of carbonyl (C=O) groups is 1. The molecule has 0 aliphatic carbocycles. The predicted octanol–water partition coefficient (Wildman–Crippen LogP) is 2.32. The number of hydrogen-bond donors (Lipinski definition) is 0. The van der Waals surface area contributed by atoms with Crippen molar-refractivity contribution >= 4 is 26.9 Å². The lowest BCUT2D eigenvalue weighted by Crippen LogP contribution is -2.49. The average Bonchev–Trinajstić information content (AvgIpc) is 3.22. The Morgan fingerprint density at radius 2 is 1.76 bits per heavy atom. The van der Waals surface area contributed by atoms with E-state index in [2.05, 4.69) is 18.4 Å². The van der Waals surface area contributed by atoms with Gasteiger partial charge in [-0.05, 0) is 45.9 Å². The highest BCUT2D eigenvalue weighted by atomic mass is 32.2. The highest BCUT2D eigenvalue weighted by Crippen LogP contribution is 2.23. The molecule has 0 radical (unpaired) electrons. The third-order valence-electron chi connectivity index (χ3n) is 6.40. The molecular weight excluding hydrogens is 444 g/mol. The van der Waals surface area contributed by atoms with Gasteiger partial charge in [-0.1, -0.05) is 0 Å². The van der Waals surface area contributed by atoms with Crippen molar-refractivity contribution in [3.05, 3.63) is 51.8 Å². The Morgan fingerprint density at radius 1 is 1.09 bits per heavy atom. The van der Waals surface area contributed by atoms with Crippen LogP contribution in [-0.4, -0.2) is 65.3 Å². The number of aryl methyl sites for hydroxylation is 2. The summed E-state index contributed by atoms with van der Waals surface area (Å²) in [5.41, 5.74) is 3.55. The van der Waals surface area contributed by atoms with E-state index in [-0.39, 0.29) is 41.9 Å². The fraction of sp³-hybridized carbons (Fsp3) is 0.478. The molecule has 0 atom stereocenters. The van der Waals surface area contributed by atoms with E-state index in [0.29, 0.717) is 18.6 Å². The maximum absolute atomic E-state index is 13.1. The molecule has 33 heavy (non-hydrogen) atoms. The Morgan fingerprint density at radius 3 is 2.36 bits per heavy atom. The number of nitrogens with zero attached hydrogens (tertiary/aromatic N) is 4. The van der Waals surface area contributed by atoms with E-state index in [4.69, 9.17) is 4.42 Å². The second kappa shape index (κ2) is 8.58. The third-order valence-corrected chi connectivity index (χ3v) is 8.30. The molecule has 0 N–H and O–H groups in total. The fourth-order valence-electron chi connectivity index (χ4n) is 4.69. The lowest BCUT2D eigenvalue weighted by atomic mass is 10.1. The summed E-state index contributed by atoms with van der Waals surface area (Å²) in [6.45, 7) is 9.94. The van der Waals surface area contributed by atoms with Crippen LogP contribution in [0.5, 0.6) is 0 Å². The largest absolute Gasteiger partial charge is 0.419 e. The molecule has 3 heterocycles. The van der Waals surface area contributed by atoms with Gasteiger partial charge in [0.1, 0.15) is 0 Å². The number of oxazole rings is 1. The Bertz CT molecular complexity index is 1370. The number of hydrogen-bond acceptors (Lipinski definition) is 6. The molecule has 2 aromatic heterocycles. The van der Waals surface area contributed by atoms with Crippen LogP contribution in [0.3, 0.4) is 0 Å². The first-order valence-corrected chi connectivity index (χ1v) is 12.5. The van der Waals surface area contributed by atoms with E-state index in [0.717, 1.165) is 17.0 Å². The molecule has 0 saturated carbocycles. The summed E-state index contributed by atoms with van der Waals surface area (Å²) in [5.74, 6) is -0.483. The fourth-order valence-corrected chi connectivity index (χ4v) is 6.13. The Hall–Kier alpha value is -2.69. The van der Waals surface area contributed by atoms with Gasteiger partial charge in [0.15, 0.2) is 11.4 Å². The van der Waals surface area contributed by atoms with Crippen LogP contribution < -0.4 is 5.76 Å². The molecule has 1 saturated heterocycles. The van der Waals surface area contributed by atoms with Crippen LogP contribution in [0.4, 0.5) is 0 Å². The maximum Gasteiger partial charge on any atom is 0.419 e. The zero-order valence-corrected chi connectivity index (χ0v) is 20.5. The van der Waals surface area contributed by atoms with Crippen molar-refractivity contribution in [1.29, 1.82) is 0 Å². The second-order valence-electron chi connectivity index (χ2n) is 8.91. The van der Waals surface area contributed by atoms with Gasteiger partial charge in [0.25, 0.3) is 0 Å². The third kappa shape index (κ3) is 4.18. The van der Waals surface area contributed by atoms with E-state index < -0.39 is 15.8 Å². The smallest absolute Gasteiger partial charge is 0.408 e. The van der Waals surface area contributed by atoms with Gasteiger partial charge in [-0.3, -0.25) is 14.3 Å².